The molecule has 0 aliphatic carbocycles. The van der Waals surface area contributed by atoms with Gasteiger partial charge in [0.2, 0.25) is 0 Å². The highest BCUT2D eigenvalue weighted by Crippen LogP contribution is 2.30. The molecule has 3 rings (SSSR count). The Labute approximate surface area is 162 Å². The molecule has 0 aliphatic heterocycles. The molecule has 0 N–H and O–H groups in total. The summed E-state index contributed by atoms with van der Waals surface area (Å²) in [6.45, 7) is 2.82. The second-order valence-corrected chi connectivity index (χ2v) is 7.37. The zero-order valence-corrected chi connectivity index (χ0v) is 16.5. The monoisotopic (exact) mass is 390 g/mol. The highest BCUT2D eigenvalue weighted by Gasteiger charge is 2.14. The SMILES string of the molecule is CCn1c(SCc2ccc(F)cc2Cl)nnc1-c1cccc(N(C)C)c1. The molecule has 0 amide bonds. The number of aromatic nitrogens is 3. The van der Waals surface area contributed by atoms with Crippen LogP contribution in [0.3, 0.4) is 0 Å². The Balaban J connectivity index is 1.85. The Morgan fingerprint density at radius 2 is 1.96 bits per heavy atom. The lowest BCUT2D eigenvalue weighted by Crippen LogP contribution is -2.08. The number of anilines is 1. The molecular formula is C19H20ClFN4S. The van der Waals surface area contributed by atoms with Gasteiger partial charge in [0.05, 0.1) is 0 Å². The zero-order valence-electron chi connectivity index (χ0n) is 14.9. The van der Waals surface area contributed by atoms with Crippen molar-refractivity contribution in [1.29, 1.82) is 0 Å². The topological polar surface area (TPSA) is 34.0 Å². The minimum atomic E-state index is -0.330. The number of rotatable bonds is 6. The molecule has 0 unspecified atom stereocenters. The van der Waals surface area contributed by atoms with Crippen molar-refractivity contribution >= 4 is 29.1 Å². The summed E-state index contributed by atoms with van der Waals surface area (Å²) in [5.41, 5.74) is 3.01. The number of nitrogens with zero attached hydrogens (tertiary/aromatic N) is 4. The average molecular weight is 391 g/mol. The van der Waals surface area contributed by atoms with E-state index < -0.39 is 0 Å². The van der Waals surface area contributed by atoms with Gasteiger partial charge in [0.25, 0.3) is 0 Å². The molecular weight excluding hydrogens is 371 g/mol. The smallest absolute Gasteiger partial charge is 0.191 e. The van der Waals surface area contributed by atoms with E-state index in [1.165, 1.54) is 12.1 Å². The predicted octanol–water partition coefficient (Wildman–Crippen LogP) is 5.12. The van der Waals surface area contributed by atoms with Crippen LogP contribution in [0.2, 0.25) is 5.02 Å². The summed E-state index contributed by atoms with van der Waals surface area (Å²) in [5, 5.41) is 9.98. The van der Waals surface area contributed by atoms with Gasteiger partial charge in [-0.25, -0.2) is 4.39 Å². The second-order valence-electron chi connectivity index (χ2n) is 6.02. The minimum Gasteiger partial charge on any atom is -0.378 e. The molecule has 0 atom stereocenters. The highest BCUT2D eigenvalue weighted by atomic mass is 35.5. The summed E-state index contributed by atoms with van der Waals surface area (Å²) >= 11 is 7.66. The van der Waals surface area contributed by atoms with Gasteiger partial charge in [-0.05, 0) is 36.8 Å². The van der Waals surface area contributed by atoms with Crippen LogP contribution in [0.15, 0.2) is 47.6 Å². The summed E-state index contributed by atoms with van der Waals surface area (Å²) in [4.78, 5) is 2.06. The lowest BCUT2D eigenvalue weighted by Gasteiger charge is -2.14. The van der Waals surface area contributed by atoms with Gasteiger partial charge in [-0.15, -0.1) is 10.2 Å². The Hall–Kier alpha value is -2.05. The van der Waals surface area contributed by atoms with Crippen LogP contribution in [0, 0.1) is 5.82 Å². The van der Waals surface area contributed by atoms with Crippen LogP contribution in [0.1, 0.15) is 12.5 Å². The van der Waals surface area contributed by atoms with Crippen molar-refractivity contribution in [2.75, 3.05) is 19.0 Å². The van der Waals surface area contributed by atoms with E-state index in [0.29, 0.717) is 10.8 Å². The van der Waals surface area contributed by atoms with E-state index in [2.05, 4.69) is 38.7 Å². The van der Waals surface area contributed by atoms with Gasteiger partial charge in [-0.2, -0.15) is 0 Å². The first-order valence-corrected chi connectivity index (χ1v) is 9.63. The first kappa shape index (κ1) is 18.7. The number of hydrogen-bond donors (Lipinski definition) is 0. The van der Waals surface area contributed by atoms with E-state index in [9.17, 15) is 4.39 Å². The van der Waals surface area contributed by atoms with Crippen molar-refractivity contribution in [3.05, 3.63) is 58.9 Å². The molecule has 26 heavy (non-hydrogen) atoms. The third-order valence-electron chi connectivity index (χ3n) is 4.03. The summed E-state index contributed by atoms with van der Waals surface area (Å²) in [6.07, 6.45) is 0. The first-order valence-electron chi connectivity index (χ1n) is 8.27. The van der Waals surface area contributed by atoms with Crippen LogP contribution in [-0.4, -0.2) is 28.9 Å². The van der Waals surface area contributed by atoms with Crippen molar-refractivity contribution in [1.82, 2.24) is 14.8 Å². The van der Waals surface area contributed by atoms with E-state index >= 15 is 0 Å². The van der Waals surface area contributed by atoms with E-state index in [1.807, 2.05) is 26.2 Å². The van der Waals surface area contributed by atoms with Gasteiger partial charge in [-0.1, -0.05) is 41.6 Å². The molecule has 0 spiro atoms. The Morgan fingerprint density at radius 3 is 2.65 bits per heavy atom. The fraction of sp³-hybridized carbons (Fsp3) is 0.263. The molecule has 136 valence electrons. The molecule has 1 heterocycles. The molecule has 0 saturated heterocycles. The van der Waals surface area contributed by atoms with E-state index in [4.69, 9.17) is 11.6 Å². The van der Waals surface area contributed by atoms with Gasteiger partial charge < -0.3 is 9.47 Å². The first-order chi connectivity index (χ1) is 12.5. The molecule has 7 heteroatoms. The Kier molecular flexibility index (Phi) is 5.84. The molecule has 3 aromatic rings. The molecule has 4 nitrogen and oxygen atoms in total. The highest BCUT2D eigenvalue weighted by molar-refractivity contribution is 7.98. The third kappa shape index (κ3) is 4.02. The van der Waals surface area contributed by atoms with Crippen molar-refractivity contribution in [3.8, 4) is 11.4 Å². The summed E-state index contributed by atoms with van der Waals surface area (Å²) in [5.74, 6) is 1.11. The molecule has 1 aromatic heterocycles. The van der Waals surface area contributed by atoms with Crippen LogP contribution >= 0.6 is 23.4 Å². The molecule has 0 bridgehead atoms. The van der Waals surface area contributed by atoms with Crippen LogP contribution < -0.4 is 4.90 Å². The summed E-state index contributed by atoms with van der Waals surface area (Å²) < 4.78 is 15.3. The summed E-state index contributed by atoms with van der Waals surface area (Å²) in [6, 6.07) is 12.7. The van der Waals surface area contributed by atoms with Crippen LogP contribution in [-0.2, 0) is 12.3 Å². The molecule has 0 aliphatic rings. The maximum absolute atomic E-state index is 13.2. The van der Waals surface area contributed by atoms with E-state index in [0.717, 1.165) is 34.3 Å². The Bertz CT molecular complexity index is 910. The van der Waals surface area contributed by atoms with Gasteiger partial charge in [0.15, 0.2) is 11.0 Å². The largest absolute Gasteiger partial charge is 0.378 e. The molecule has 2 aromatic carbocycles. The maximum Gasteiger partial charge on any atom is 0.191 e. The number of halogens is 2. The quantitative estimate of drug-likeness (QED) is 0.547. The van der Waals surface area contributed by atoms with Crippen molar-refractivity contribution in [2.45, 2.75) is 24.4 Å². The van der Waals surface area contributed by atoms with Gasteiger partial charge in [0, 0.05) is 42.7 Å². The molecule has 0 fully saturated rings. The lowest BCUT2D eigenvalue weighted by atomic mass is 10.2. The number of hydrogen-bond acceptors (Lipinski definition) is 4. The van der Waals surface area contributed by atoms with Crippen LogP contribution in [0.4, 0.5) is 10.1 Å². The van der Waals surface area contributed by atoms with Crippen molar-refractivity contribution in [2.24, 2.45) is 0 Å². The fourth-order valence-corrected chi connectivity index (χ4v) is 3.92. The third-order valence-corrected chi connectivity index (χ3v) is 5.39. The van der Waals surface area contributed by atoms with Gasteiger partial charge in [0.1, 0.15) is 5.82 Å². The molecule has 0 saturated carbocycles. The fourth-order valence-electron chi connectivity index (χ4n) is 2.60. The van der Waals surface area contributed by atoms with Gasteiger partial charge >= 0.3 is 0 Å². The standard InChI is InChI=1S/C19H20ClFN4S/c1-4-25-18(13-6-5-7-16(10-13)24(2)3)22-23-19(25)26-12-14-8-9-15(21)11-17(14)20/h5-11H,4,12H2,1-3H3. The Morgan fingerprint density at radius 1 is 1.15 bits per heavy atom. The minimum absolute atomic E-state index is 0.330. The van der Waals surface area contributed by atoms with Crippen LogP contribution in [0.25, 0.3) is 11.4 Å². The van der Waals surface area contributed by atoms with Crippen molar-refractivity contribution in [3.63, 3.8) is 0 Å². The summed E-state index contributed by atoms with van der Waals surface area (Å²) in [7, 11) is 4.02. The zero-order chi connectivity index (χ0) is 18.7. The molecule has 0 radical (unpaired) electrons. The van der Waals surface area contributed by atoms with Gasteiger partial charge in [-0.3, -0.25) is 0 Å². The maximum atomic E-state index is 13.2. The normalized spacial score (nSPS) is 11.0. The second kappa shape index (κ2) is 8.10. The number of benzene rings is 2. The average Bonchev–Trinajstić information content (AvgIpc) is 3.04. The van der Waals surface area contributed by atoms with Crippen molar-refractivity contribution < 1.29 is 4.39 Å². The number of thioether (sulfide) groups is 1. The lowest BCUT2D eigenvalue weighted by molar-refractivity contribution is 0.627. The van der Waals surface area contributed by atoms with E-state index in [-0.39, 0.29) is 5.82 Å². The van der Waals surface area contributed by atoms with Crippen LogP contribution in [0.5, 0.6) is 0 Å². The predicted molar refractivity (Wildman–Crippen MR) is 106 cm³/mol. The van der Waals surface area contributed by atoms with E-state index in [1.54, 1.807) is 17.8 Å².